The number of fused-ring (bicyclic) bond motifs is 1. The molecule has 0 fully saturated rings. The molecule has 1 amide bonds. The lowest BCUT2D eigenvalue weighted by molar-refractivity contribution is 0.0588. The van der Waals surface area contributed by atoms with E-state index in [-0.39, 0.29) is 24.2 Å². The topological polar surface area (TPSA) is 69.2 Å². The first-order valence-corrected chi connectivity index (χ1v) is 8.74. The summed E-state index contributed by atoms with van der Waals surface area (Å²) in [5, 5.41) is 17.7. The highest BCUT2D eigenvalue weighted by atomic mass is 19.1. The van der Waals surface area contributed by atoms with E-state index in [1.165, 1.54) is 12.1 Å². The minimum atomic E-state index is -0.865. The fraction of sp³-hybridized carbons (Fsp3) is 0.474. The largest absolute Gasteiger partial charge is 0.387 e. The van der Waals surface area contributed by atoms with Gasteiger partial charge in [0.1, 0.15) is 5.82 Å². The molecule has 1 unspecified atom stereocenters. The second-order valence-corrected chi connectivity index (χ2v) is 7.05. The van der Waals surface area contributed by atoms with Crippen molar-refractivity contribution in [2.24, 2.45) is 5.92 Å². The number of hydrogen-bond donors (Lipinski definition) is 2. The third kappa shape index (κ3) is 3.90. The lowest BCUT2D eigenvalue weighted by Gasteiger charge is -2.27. The Bertz CT molecular complexity index is 740. The van der Waals surface area contributed by atoms with Gasteiger partial charge in [0, 0.05) is 17.8 Å². The van der Waals surface area contributed by atoms with Gasteiger partial charge in [0.25, 0.3) is 5.91 Å². The number of H-pyrrole nitrogens is 1. The van der Waals surface area contributed by atoms with Crippen molar-refractivity contribution < 1.29 is 14.3 Å². The SMILES string of the molecule is CC(C)CN(CC(O)c1ccc(F)cc1)C(=O)c1n[nH]c2c1CCC2. The summed E-state index contributed by atoms with van der Waals surface area (Å²) in [7, 11) is 0. The molecule has 134 valence electrons. The van der Waals surface area contributed by atoms with Crippen LogP contribution < -0.4 is 0 Å². The lowest BCUT2D eigenvalue weighted by atomic mass is 10.1. The highest BCUT2D eigenvalue weighted by Crippen LogP contribution is 2.25. The summed E-state index contributed by atoms with van der Waals surface area (Å²) in [6.07, 6.45) is 1.96. The molecule has 1 aromatic heterocycles. The molecule has 1 heterocycles. The molecule has 3 rings (SSSR count). The van der Waals surface area contributed by atoms with Gasteiger partial charge in [-0.25, -0.2) is 4.39 Å². The van der Waals surface area contributed by atoms with Crippen molar-refractivity contribution in [2.45, 2.75) is 39.2 Å². The summed E-state index contributed by atoms with van der Waals surface area (Å²) in [4.78, 5) is 14.6. The predicted octanol–water partition coefficient (Wildman–Crippen LogP) is 2.87. The number of nitrogens with one attached hydrogen (secondary N) is 1. The molecule has 1 aromatic carbocycles. The molecule has 5 nitrogen and oxygen atoms in total. The molecule has 6 heteroatoms. The number of amides is 1. The van der Waals surface area contributed by atoms with E-state index < -0.39 is 6.10 Å². The van der Waals surface area contributed by atoms with E-state index in [0.29, 0.717) is 17.8 Å². The van der Waals surface area contributed by atoms with Crippen LogP contribution in [0.15, 0.2) is 24.3 Å². The summed E-state index contributed by atoms with van der Waals surface area (Å²) in [6, 6.07) is 5.72. The number of halogens is 1. The average Bonchev–Trinajstić information content (AvgIpc) is 3.17. The van der Waals surface area contributed by atoms with Gasteiger partial charge >= 0.3 is 0 Å². The Hall–Kier alpha value is -2.21. The summed E-state index contributed by atoms with van der Waals surface area (Å²) in [5.74, 6) is -0.247. The second kappa shape index (κ2) is 7.35. The molecule has 1 atom stereocenters. The summed E-state index contributed by atoms with van der Waals surface area (Å²) in [5.41, 5.74) is 3.12. The zero-order valence-electron chi connectivity index (χ0n) is 14.6. The fourth-order valence-corrected chi connectivity index (χ4v) is 3.33. The van der Waals surface area contributed by atoms with Gasteiger partial charge < -0.3 is 10.0 Å². The number of nitrogens with zero attached hydrogens (tertiary/aromatic N) is 2. The Morgan fingerprint density at radius 3 is 2.68 bits per heavy atom. The van der Waals surface area contributed by atoms with Crippen LogP contribution in [0.1, 0.15) is 53.7 Å². The molecule has 0 bridgehead atoms. The number of aryl methyl sites for hydroxylation is 1. The molecule has 1 aliphatic carbocycles. The maximum Gasteiger partial charge on any atom is 0.274 e. The highest BCUT2D eigenvalue weighted by Gasteiger charge is 2.28. The van der Waals surface area contributed by atoms with Gasteiger partial charge in [0.2, 0.25) is 0 Å². The van der Waals surface area contributed by atoms with E-state index in [4.69, 9.17) is 0 Å². The van der Waals surface area contributed by atoms with Crippen molar-refractivity contribution in [3.05, 3.63) is 52.6 Å². The van der Waals surface area contributed by atoms with E-state index in [2.05, 4.69) is 10.2 Å². The number of aromatic amines is 1. The predicted molar refractivity (Wildman–Crippen MR) is 92.7 cm³/mol. The molecule has 0 spiro atoms. The minimum Gasteiger partial charge on any atom is -0.387 e. The Balaban J connectivity index is 1.79. The van der Waals surface area contributed by atoms with Gasteiger partial charge in [-0.15, -0.1) is 0 Å². The highest BCUT2D eigenvalue weighted by molar-refractivity contribution is 5.94. The Labute approximate surface area is 146 Å². The van der Waals surface area contributed by atoms with Crippen LogP contribution in [0.5, 0.6) is 0 Å². The molecule has 2 aromatic rings. The number of aromatic nitrogens is 2. The van der Waals surface area contributed by atoms with Gasteiger partial charge in [-0.1, -0.05) is 26.0 Å². The third-order valence-electron chi connectivity index (χ3n) is 4.53. The molecule has 1 aliphatic rings. The van der Waals surface area contributed by atoms with Gasteiger partial charge in [0.15, 0.2) is 5.69 Å². The van der Waals surface area contributed by atoms with E-state index in [9.17, 15) is 14.3 Å². The number of aliphatic hydroxyl groups is 1. The smallest absolute Gasteiger partial charge is 0.274 e. The number of carbonyl (C=O) groups excluding carboxylic acids is 1. The van der Waals surface area contributed by atoms with Gasteiger partial charge in [-0.2, -0.15) is 5.10 Å². The first-order valence-electron chi connectivity index (χ1n) is 8.74. The molecule has 0 saturated heterocycles. The molecular weight excluding hydrogens is 321 g/mol. The van der Waals surface area contributed by atoms with Crippen LogP contribution in [0.2, 0.25) is 0 Å². The van der Waals surface area contributed by atoms with Gasteiger partial charge in [-0.3, -0.25) is 9.89 Å². The van der Waals surface area contributed by atoms with Crippen molar-refractivity contribution >= 4 is 5.91 Å². The summed E-state index contributed by atoms with van der Waals surface area (Å²) < 4.78 is 13.1. The molecule has 0 radical (unpaired) electrons. The van der Waals surface area contributed by atoms with Crippen molar-refractivity contribution in [1.82, 2.24) is 15.1 Å². The molecule has 0 aliphatic heterocycles. The number of carbonyl (C=O) groups is 1. The van der Waals surface area contributed by atoms with Gasteiger partial charge in [-0.05, 0) is 42.9 Å². The summed E-state index contributed by atoms with van der Waals surface area (Å²) >= 11 is 0. The van der Waals surface area contributed by atoms with Crippen molar-refractivity contribution in [3.63, 3.8) is 0 Å². The maximum absolute atomic E-state index is 13.1. The van der Waals surface area contributed by atoms with E-state index in [1.807, 2.05) is 13.8 Å². The molecule has 2 N–H and O–H groups in total. The Morgan fingerprint density at radius 1 is 1.28 bits per heavy atom. The Morgan fingerprint density at radius 2 is 2.00 bits per heavy atom. The number of hydrogen-bond acceptors (Lipinski definition) is 3. The van der Waals surface area contributed by atoms with Crippen LogP contribution in [0, 0.1) is 11.7 Å². The number of rotatable bonds is 6. The molecule has 25 heavy (non-hydrogen) atoms. The zero-order chi connectivity index (χ0) is 18.0. The van der Waals surface area contributed by atoms with Crippen LogP contribution in [0.25, 0.3) is 0 Å². The van der Waals surface area contributed by atoms with E-state index >= 15 is 0 Å². The third-order valence-corrected chi connectivity index (χ3v) is 4.53. The van der Waals surface area contributed by atoms with Crippen molar-refractivity contribution in [3.8, 4) is 0 Å². The quantitative estimate of drug-likeness (QED) is 0.846. The summed E-state index contributed by atoms with van der Waals surface area (Å²) in [6.45, 7) is 4.74. The van der Waals surface area contributed by atoms with Crippen LogP contribution >= 0.6 is 0 Å². The first kappa shape index (κ1) is 17.6. The van der Waals surface area contributed by atoms with E-state index in [1.54, 1.807) is 17.0 Å². The fourth-order valence-electron chi connectivity index (χ4n) is 3.33. The van der Waals surface area contributed by atoms with E-state index in [0.717, 1.165) is 30.5 Å². The zero-order valence-corrected chi connectivity index (χ0v) is 14.6. The lowest BCUT2D eigenvalue weighted by Crippen LogP contribution is -2.38. The van der Waals surface area contributed by atoms with Crippen molar-refractivity contribution in [2.75, 3.05) is 13.1 Å². The van der Waals surface area contributed by atoms with Crippen LogP contribution in [0.4, 0.5) is 4.39 Å². The Kier molecular flexibility index (Phi) is 5.18. The molecular formula is C19H24FN3O2. The molecule has 0 saturated carbocycles. The van der Waals surface area contributed by atoms with Gasteiger partial charge in [0.05, 0.1) is 12.6 Å². The van der Waals surface area contributed by atoms with Crippen LogP contribution in [-0.2, 0) is 12.8 Å². The van der Waals surface area contributed by atoms with Crippen molar-refractivity contribution in [1.29, 1.82) is 0 Å². The standard InChI is InChI=1S/C19H24FN3O2/c1-12(2)10-23(11-17(24)13-6-8-14(20)9-7-13)19(25)18-15-4-3-5-16(15)21-22-18/h6-9,12,17,24H,3-5,10-11H2,1-2H3,(H,21,22). The normalized spacial score (nSPS) is 14.6. The monoisotopic (exact) mass is 345 g/mol. The van der Waals surface area contributed by atoms with Crippen LogP contribution in [0.3, 0.4) is 0 Å². The average molecular weight is 345 g/mol. The number of benzene rings is 1. The first-order chi connectivity index (χ1) is 12.0. The number of aliphatic hydroxyl groups excluding tert-OH is 1. The second-order valence-electron chi connectivity index (χ2n) is 7.05. The maximum atomic E-state index is 13.1. The minimum absolute atomic E-state index is 0.157. The van der Waals surface area contributed by atoms with Crippen LogP contribution in [-0.4, -0.2) is 39.2 Å².